The van der Waals surface area contributed by atoms with Gasteiger partial charge < -0.3 is 14.9 Å². The molecular weight excluding hydrogens is 344 g/mol. The number of hydrogen-bond acceptors (Lipinski definition) is 5. The van der Waals surface area contributed by atoms with Crippen LogP contribution in [0, 0.1) is 22.7 Å². The number of ketones is 1. The Morgan fingerprint density at radius 3 is 2.68 bits per heavy atom. The number of halogens is 1. The second-order valence-electron chi connectivity index (χ2n) is 8.24. The number of carbonyl (C=O) groups is 2. The van der Waals surface area contributed by atoms with Crippen molar-refractivity contribution in [3.8, 4) is 0 Å². The van der Waals surface area contributed by atoms with Crippen molar-refractivity contribution in [2.45, 2.75) is 57.7 Å². The molecule has 0 bridgehead atoms. The molecular formula is C19H25ClO5. The van der Waals surface area contributed by atoms with E-state index >= 15 is 0 Å². The number of aliphatic hydroxyl groups is 2. The third-order valence-electron chi connectivity index (χ3n) is 7.76. The number of hydrogen-bond donors (Lipinski definition) is 2. The van der Waals surface area contributed by atoms with Crippen molar-refractivity contribution in [1.82, 2.24) is 0 Å². The maximum Gasteiger partial charge on any atom is 0.318 e. The number of fused-ring (bicyclic) bond motifs is 1. The molecule has 4 aliphatic rings. The number of esters is 1. The highest BCUT2D eigenvalue weighted by molar-refractivity contribution is 6.18. The van der Waals surface area contributed by atoms with E-state index in [0.717, 1.165) is 24.8 Å². The standard InChI is InChI=1S/C19H25ClO5/c1-10-4-3-5-12(11(10)2)15(23)19-17(16(24)25-19)8-14(22)13(6-7-20)18(17,19)9-21/h12-13,15,21,23H,3-9H2,1-2H3/t12?,13-,15-,17?,18?,19?/m0/s1. The Morgan fingerprint density at radius 2 is 2.08 bits per heavy atom. The molecule has 3 aliphatic carbocycles. The molecule has 4 rings (SSSR count). The highest BCUT2D eigenvalue weighted by atomic mass is 35.5. The molecule has 2 saturated carbocycles. The lowest BCUT2D eigenvalue weighted by molar-refractivity contribution is -0.207. The Balaban J connectivity index is 1.77. The summed E-state index contributed by atoms with van der Waals surface area (Å²) in [6.07, 6.45) is 2.39. The first-order chi connectivity index (χ1) is 11.9. The number of carbonyl (C=O) groups excluding carboxylic acids is 2. The van der Waals surface area contributed by atoms with E-state index in [1.807, 2.05) is 6.92 Å². The fourth-order valence-electron chi connectivity index (χ4n) is 6.44. The van der Waals surface area contributed by atoms with Gasteiger partial charge in [-0.3, -0.25) is 9.59 Å². The molecule has 0 aromatic carbocycles. The van der Waals surface area contributed by atoms with Crippen LogP contribution in [-0.4, -0.2) is 46.2 Å². The van der Waals surface area contributed by atoms with E-state index in [1.54, 1.807) is 0 Å². The minimum absolute atomic E-state index is 0.0405. The van der Waals surface area contributed by atoms with Gasteiger partial charge in [0, 0.05) is 24.1 Å². The summed E-state index contributed by atoms with van der Waals surface area (Å²) in [6.45, 7) is 3.76. The SMILES string of the molecule is CC1=C(C)C([C@H](O)C23OC(=O)C24CC(=O)[C@H](CCCl)C43CO)CCC1. The molecule has 4 unspecified atom stereocenters. The summed E-state index contributed by atoms with van der Waals surface area (Å²) in [5, 5.41) is 21.6. The van der Waals surface area contributed by atoms with E-state index in [4.69, 9.17) is 16.3 Å². The molecule has 6 atom stereocenters. The van der Waals surface area contributed by atoms with Gasteiger partial charge in [-0.25, -0.2) is 0 Å². The summed E-state index contributed by atoms with van der Waals surface area (Å²) in [5.74, 6) is -0.832. The number of ether oxygens (including phenoxy) is 1. The van der Waals surface area contributed by atoms with Gasteiger partial charge in [0.15, 0.2) is 5.60 Å². The molecule has 3 fully saturated rings. The summed E-state index contributed by atoms with van der Waals surface area (Å²) >= 11 is 5.89. The predicted molar refractivity (Wildman–Crippen MR) is 90.9 cm³/mol. The molecule has 6 heteroatoms. The topological polar surface area (TPSA) is 83.8 Å². The van der Waals surface area contributed by atoms with Gasteiger partial charge >= 0.3 is 5.97 Å². The van der Waals surface area contributed by atoms with Gasteiger partial charge in [-0.2, -0.15) is 0 Å². The van der Waals surface area contributed by atoms with Crippen molar-refractivity contribution in [1.29, 1.82) is 0 Å². The number of rotatable bonds is 5. The third-order valence-corrected chi connectivity index (χ3v) is 7.98. The van der Waals surface area contributed by atoms with E-state index in [1.165, 1.54) is 5.57 Å². The number of allylic oxidation sites excluding steroid dienone is 1. The van der Waals surface area contributed by atoms with E-state index in [9.17, 15) is 19.8 Å². The van der Waals surface area contributed by atoms with Crippen LogP contribution in [-0.2, 0) is 14.3 Å². The Hall–Kier alpha value is -0.910. The van der Waals surface area contributed by atoms with Crippen molar-refractivity contribution in [3.05, 3.63) is 11.1 Å². The monoisotopic (exact) mass is 368 g/mol. The second-order valence-corrected chi connectivity index (χ2v) is 8.62. The molecule has 0 amide bonds. The molecule has 0 aromatic heterocycles. The van der Waals surface area contributed by atoms with Crippen LogP contribution < -0.4 is 0 Å². The van der Waals surface area contributed by atoms with Gasteiger partial charge in [0.05, 0.1) is 12.0 Å². The number of alkyl halides is 1. The van der Waals surface area contributed by atoms with Crippen LogP contribution in [0.25, 0.3) is 0 Å². The van der Waals surface area contributed by atoms with Crippen molar-refractivity contribution < 1.29 is 24.5 Å². The lowest BCUT2D eigenvalue weighted by Crippen LogP contribution is -2.57. The quantitative estimate of drug-likeness (QED) is 0.440. The van der Waals surface area contributed by atoms with Crippen molar-refractivity contribution >= 4 is 23.4 Å². The first kappa shape index (κ1) is 17.5. The Morgan fingerprint density at radius 1 is 1.36 bits per heavy atom. The first-order valence-corrected chi connectivity index (χ1v) is 9.66. The summed E-state index contributed by atoms with van der Waals surface area (Å²) in [7, 11) is 0. The normalized spacial score (nSPS) is 46.3. The summed E-state index contributed by atoms with van der Waals surface area (Å²) in [6, 6.07) is 0. The van der Waals surface area contributed by atoms with Crippen LogP contribution >= 0.6 is 11.6 Å². The zero-order valence-electron chi connectivity index (χ0n) is 14.7. The van der Waals surface area contributed by atoms with Crippen LogP contribution in [0.5, 0.6) is 0 Å². The van der Waals surface area contributed by atoms with E-state index < -0.39 is 34.4 Å². The van der Waals surface area contributed by atoms with Crippen LogP contribution in [0.2, 0.25) is 0 Å². The Kier molecular flexibility index (Phi) is 3.71. The maximum absolute atomic E-state index is 12.5. The summed E-state index contributed by atoms with van der Waals surface area (Å²) < 4.78 is 5.61. The van der Waals surface area contributed by atoms with Gasteiger partial charge in [-0.05, 0) is 39.5 Å². The average Bonchev–Trinajstić information content (AvgIpc) is 2.84. The minimum atomic E-state index is -1.12. The molecule has 1 heterocycles. The maximum atomic E-state index is 12.5. The van der Waals surface area contributed by atoms with Crippen molar-refractivity contribution in [2.24, 2.45) is 22.7 Å². The molecule has 1 spiro atoms. The lowest BCUT2D eigenvalue weighted by atomic mass is 9.72. The molecule has 5 nitrogen and oxygen atoms in total. The van der Waals surface area contributed by atoms with E-state index in [-0.39, 0.29) is 30.6 Å². The highest BCUT2D eigenvalue weighted by Crippen LogP contribution is 2.89. The largest absolute Gasteiger partial charge is 0.454 e. The van der Waals surface area contributed by atoms with Crippen LogP contribution in [0.1, 0.15) is 46.0 Å². The molecule has 1 saturated heterocycles. The number of Topliss-reactive ketones (excluding diaryl/α,β-unsaturated/α-hetero) is 1. The van der Waals surface area contributed by atoms with Gasteiger partial charge in [0.1, 0.15) is 17.3 Å². The third kappa shape index (κ3) is 1.60. The average molecular weight is 369 g/mol. The molecule has 2 N–H and O–H groups in total. The second kappa shape index (κ2) is 5.30. The Labute approximate surface area is 152 Å². The summed E-state index contributed by atoms with van der Waals surface area (Å²) in [5.41, 5.74) is -0.769. The van der Waals surface area contributed by atoms with Gasteiger partial charge in [0.25, 0.3) is 0 Å². The number of aliphatic hydroxyl groups excluding tert-OH is 2. The molecule has 1 aliphatic heterocycles. The molecule has 25 heavy (non-hydrogen) atoms. The van der Waals surface area contributed by atoms with Gasteiger partial charge in [-0.15, -0.1) is 11.6 Å². The van der Waals surface area contributed by atoms with Crippen LogP contribution in [0.4, 0.5) is 0 Å². The molecule has 0 aromatic rings. The molecule has 0 radical (unpaired) electrons. The zero-order valence-corrected chi connectivity index (χ0v) is 15.4. The lowest BCUT2D eigenvalue weighted by Gasteiger charge is -2.43. The Bertz CT molecular complexity index is 687. The van der Waals surface area contributed by atoms with Gasteiger partial charge in [0.2, 0.25) is 0 Å². The fourth-order valence-corrected chi connectivity index (χ4v) is 6.66. The fraction of sp³-hybridized carbons (Fsp3) is 0.789. The zero-order chi connectivity index (χ0) is 18.2. The van der Waals surface area contributed by atoms with Crippen LogP contribution in [0.3, 0.4) is 0 Å². The predicted octanol–water partition coefficient (Wildman–Crippen LogP) is 1.98. The van der Waals surface area contributed by atoms with Crippen molar-refractivity contribution in [3.63, 3.8) is 0 Å². The smallest absolute Gasteiger partial charge is 0.318 e. The van der Waals surface area contributed by atoms with E-state index in [2.05, 4.69) is 6.92 Å². The van der Waals surface area contributed by atoms with Crippen LogP contribution in [0.15, 0.2) is 11.1 Å². The van der Waals surface area contributed by atoms with Crippen molar-refractivity contribution in [2.75, 3.05) is 12.5 Å². The molecule has 138 valence electrons. The van der Waals surface area contributed by atoms with E-state index in [0.29, 0.717) is 6.42 Å². The minimum Gasteiger partial charge on any atom is -0.454 e. The first-order valence-electron chi connectivity index (χ1n) is 9.13. The summed E-state index contributed by atoms with van der Waals surface area (Å²) in [4.78, 5) is 24.9. The highest BCUT2D eigenvalue weighted by Gasteiger charge is 3.06. The van der Waals surface area contributed by atoms with Gasteiger partial charge in [-0.1, -0.05) is 11.1 Å².